The van der Waals surface area contributed by atoms with Gasteiger partial charge in [-0.1, -0.05) is 23.2 Å². The average Bonchev–Trinajstić information content (AvgIpc) is 3.02. The quantitative estimate of drug-likeness (QED) is 0.538. The highest BCUT2D eigenvalue weighted by atomic mass is 35.5. The Labute approximate surface area is 149 Å². The Kier molecular flexibility index (Phi) is 3.74. The normalized spacial score (nSPS) is 11.7. The second kappa shape index (κ2) is 5.80. The third-order valence-corrected chi connectivity index (χ3v) is 4.91. The summed E-state index contributed by atoms with van der Waals surface area (Å²) < 4.78 is 4.23. The molecule has 0 spiro atoms. The Morgan fingerprint density at radius 3 is 1.58 bits per heavy atom. The monoisotopic (exact) mass is 358 g/mol. The van der Waals surface area contributed by atoms with Crippen molar-refractivity contribution in [1.29, 1.82) is 0 Å². The maximum Gasteiger partial charge on any atom is 0.110 e. The molecule has 4 aromatic rings. The van der Waals surface area contributed by atoms with E-state index in [4.69, 9.17) is 33.2 Å². The molecule has 0 fully saturated rings. The molecule has 0 amide bonds. The maximum absolute atomic E-state index is 6.06. The Morgan fingerprint density at radius 2 is 1.17 bits per heavy atom. The highest BCUT2D eigenvalue weighted by molar-refractivity contribution is 6.31. The van der Waals surface area contributed by atoms with Gasteiger partial charge in [-0.3, -0.25) is 0 Å². The molecule has 0 unspecified atom stereocenters. The van der Waals surface area contributed by atoms with Crippen molar-refractivity contribution in [3.8, 4) is 0 Å². The summed E-state index contributed by atoms with van der Waals surface area (Å²) in [5.41, 5.74) is 4.03. The first-order valence-corrected chi connectivity index (χ1v) is 8.50. The first kappa shape index (κ1) is 15.5. The number of nitrogens with zero attached hydrogens (tertiary/aromatic N) is 4. The average molecular weight is 359 g/mol. The molecular weight excluding hydrogens is 343 g/mol. The van der Waals surface area contributed by atoms with Crippen LogP contribution < -0.4 is 0 Å². The number of benzene rings is 2. The lowest BCUT2D eigenvalue weighted by molar-refractivity contribution is 0.732. The first-order chi connectivity index (χ1) is 11.5. The zero-order chi connectivity index (χ0) is 16.8. The van der Waals surface area contributed by atoms with Gasteiger partial charge in [-0.05, 0) is 36.4 Å². The molecule has 2 aromatic heterocycles. The molecule has 122 valence electrons. The Bertz CT molecular complexity index is 976. The minimum absolute atomic E-state index is 0.708. The van der Waals surface area contributed by atoms with E-state index in [0.29, 0.717) is 10.0 Å². The van der Waals surface area contributed by atoms with Crippen LogP contribution in [0.5, 0.6) is 0 Å². The minimum atomic E-state index is 0.708. The summed E-state index contributed by atoms with van der Waals surface area (Å²) in [7, 11) is 4.07. The Morgan fingerprint density at radius 1 is 0.750 bits per heavy atom. The number of halogens is 2. The van der Waals surface area contributed by atoms with E-state index in [-0.39, 0.29) is 0 Å². The van der Waals surface area contributed by atoms with Crippen LogP contribution in [0, 0.1) is 0 Å². The molecule has 0 aliphatic carbocycles. The number of imidazole rings is 2. The summed E-state index contributed by atoms with van der Waals surface area (Å²) in [6, 6.07) is 11.6. The zero-order valence-corrected chi connectivity index (χ0v) is 14.9. The van der Waals surface area contributed by atoms with Gasteiger partial charge in [-0.15, -0.1) is 0 Å². The van der Waals surface area contributed by atoms with E-state index < -0.39 is 0 Å². The minimum Gasteiger partial charge on any atom is -0.331 e. The lowest BCUT2D eigenvalue weighted by Gasteiger charge is -2.03. The predicted octanol–water partition coefficient (Wildman–Crippen LogP) is 4.55. The summed E-state index contributed by atoms with van der Waals surface area (Å²) >= 11 is 12.1. The molecule has 0 radical (unpaired) electrons. The van der Waals surface area contributed by atoms with Gasteiger partial charge in [0, 0.05) is 37.0 Å². The standard InChI is InChI=1S/C18H16Cl2N4/c1-23-15-5-3-11(19)9-13(15)21-17(23)7-8-18-22-14-10-12(20)4-6-16(14)24(18)2/h3-6,9-10H,7-8H2,1-2H3. The third-order valence-electron chi connectivity index (χ3n) is 4.44. The van der Waals surface area contributed by atoms with E-state index in [1.165, 1.54) is 0 Å². The molecule has 24 heavy (non-hydrogen) atoms. The third kappa shape index (κ3) is 2.56. The van der Waals surface area contributed by atoms with E-state index in [1.807, 2.05) is 50.5 Å². The predicted molar refractivity (Wildman–Crippen MR) is 98.9 cm³/mol. The van der Waals surface area contributed by atoms with Crippen molar-refractivity contribution in [2.75, 3.05) is 0 Å². The van der Waals surface area contributed by atoms with Gasteiger partial charge in [-0.2, -0.15) is 0 Å². The van der Waals surface area contributed by atoms with Crippen LogP contribution in [-0.4, -0.2) is 19.1 Å². The largest absolute Gasteiger partial charge is 0.331 e. The van der Waals surface area contributed by atoms with Gasteiger partial charge in [-0.25, -0.2) is 9.97 Å². The highest BCUT2D eigenvalue weighted by Crippen LogP contribution is 2.22. The van der Waals surface area contributed by atoms with Crippen molar-refractivity contribution in [2.24, 2.45) is 14.1 Å². The SMILES string of the molecule is Cn1c(CCc2nc3cc(Cl)ccc3n2C)nc2cc(Cl)ccc21. The van der Waals surface area contributed by atoms with E-state index in [2.05, 4.69) is 9.13 Å². The summed E-state index contributed by atoms with van der Waals surface area (Å²) in [6.45, 7) is 0. The van der Waals surface area contributed by atoms with E-state index >= 15 is 0 Å². The summed E-state index contributed by atoms with van der Waals surface area (Å²) in [6.07, 6.45) is 1.63. The Hall–Kier alpha value is -2.04. The molecule has 0 saturated heterocycles. The van der Waals surface area contributed by atoms with Crippen molar-refractivity contribution in [3.05, 3.63) is 58.1 Å². The van der Waals surface area contributed by atoms with E-state index in [9.17, 15) is 0 Å². The zero-order valence-electron chi connectivity index (χ0n) is 13.4. The molecule has 6 heteroatoms. The fourth-order valence-electron chi connectivity index (χ4n) is 3.12. The fourth-order valence-corrected chi connectivity index (χ4v) is 3.45. The number of aromatic nitrogens is 4. The van der Waals surface area contributed by atoms with Crippen LogP contribution in [0.15, 0.2) is 36.4 Å². The molecule has 0 N–H and O–H groups in total. The van der Waals surface area contributed by atoms with Crippen LogP contribution in [0.2, 0.25) is 10.0 Å². The second-order valence-corrected chi connectivity index (χ2v) is 6.81. The molecule has 0 aliphatic rings. The molecular formula is C18H16Cl2N4. The van der Waals surface area contributed by atoms with Crippen LogP contribution >= 0.6 is 23.2 Å². The van der Waals surface area contributed by atoms with Gasteiger partial charge in [0.2, 0.25) is 0 Å². The second-order valence-electron chi connectivity index (χ2n) is 5.94. The molecule has 4 nitrogen and oxygen atoms in total. The van der Waals surface area contributed by atoms with E-state index in [1.54, 1.807) is 0 Å². The lowest BCUT2D eigenvalue weighted by atomic mass is 10.3. The van der Waals surface area contributed by atoms with Gasteiger partial charge >= 0.3 is 0 Å². The van der Waals surface area contributed by atoms with Crippen LogP contribution in [-0.2, 0) is 26.9 Å². The van der Waals surface area contributed by atoms with Crippen LogP contribution in [0.4, 0.5) is 0 Å². The number of hydrogen-bond acceptors (Lipinski definition) is 2. The topological polar surface area (TPSA) is 35.6 Å². The highest BCUT2D eigenvalue weighted by Gasteiger charge is 2.12. The maximum atomic E-state index is 6.06. The molecule has 0 saturated carbocycles. The van der Waals surface area contributed by atoms with Crippen molar-refractivity contribution in [2.45, 2.75) is 12.8 Å². The molecule has 0 bridgehead atoms. The van der Waals surface area contributed by atoms with Gasteiger partial charge in [0.1, 0.15) is 11.6 Å². The van der Waals surface area contributed by atoms with Gasteiger partial charge in [0.05, 0.1) is 22.1 Å². The van der Waals surface area contributed by atoms with Gasteiger partial charge in [0.15, 0.2) is 0 Å². The summed E-state index contributed by atoms with van der Waals surface area (Å²) in [5.74, 6) is 2.05. The summed E-state index contributed by atoms with van der Waals surface area (Å²) in [5, 5.41) is 1.42. The van der Waals surface area contributed by atoms with Crippen molar-refractivity contribution >= 4 is 45.3 Å². The fraction of sp³-hybridized carbons (Fsp3) is 0.222. The number of rotatable bonds is 3. The number of fused-ring (bicyclic) bond motifs is 2. The van der Waals surface area contributed by atoms with Crippen LogP contribution in [0.1, 0.15) is 11.6 Å². The molecule has 0 aliphatic heterocycles. The first-order valence-electron chi connectivity index (χ1n) is 7.74. The van der Waals surface area contributed by atoms with Crippen LogP contribution in [0.25, 0.3) is 22.1 Å². The lowest BCUT2D eigenvalue weighted by Crippen LogP contribution is -2.04. The van der Waals surface area contributed by atoms with Crippen LogP contribution in [0.3, 0.4) is 0 Å². The number of hydrogen-bond donors (Lipinski definition) is 0. The molecule has 4 rings (SSSR count). The van der Waals surface area contributed by atoms with E-state index in [0.717, 1.165) is 46.6 Å². The Balaban J connectivity index is 1.65. The summed E-state index contributed by atoms with van der Waals surface area (Å²) in [4.78, 5) is 9.41. The van der Waals surface area contributed by atoms with Crippen molar-refractivity contribution in [3.63, 3.8) is 0 Å². The molecule has 2 heterocycles. The van der Waals surface area contributed by atoms with Crippen molar-refractivity contribution < 1.29 is 0 Å². The van der Waals surface area contributed by atoms with Gasteiger partial charge in [0.25, 0.3) is 0 Å². The number of aryl methyl sites for hydroxylation is 4. The molecule has 2 aromatic carbocycles. The smallest absolute Gasteiger partial charge is 0.110 e. The van der Waals surface area contributed by atoms with Gasteiger partial charge < -0.3 is 9.13 Å². The molecule has 0 atom stereocenters. The van der Waals surface area contributed by atoms with Crippen molar-refractivity contribution in [1.82, 2.24) is 19.1 Å².